The first kappa shape index (κ1) is 22.0. The molecule has 0 amide bonds. The molecule has 1 atom stereocenters. The molecule has 7 heteroatoms. The summed E-state index contributed by atoms with van der Waals surface area (Å²) < 4.78 is 16.4. The number of nitrogens with one attached hydrogen (secondary N) is 2. The maximum Gasteiger partial charge on any atom is 0.191 e. The zero-order chi connectivity index (χ0) is 17.0. The van der Waals surface area contributed by atoms with Crippen LogP contribution in [0, 0.1) is 5.92 Å². The second-order valence-electron chi connectivity index (χ2n) is 5.82. The van der Waals surface area contributed by atoms with Crippen LogP contribution in [0.2, 0.25) is 0 Å². The van der Waals surface area contributed by atoms with E-state index in [0.717, 1.165) is 63.1 Å². The summed E-state index contributed by atoms with van der Waals surface area (Å²) in [6.45, 7) is 4.78. The summed E-state index contributed by atoms with van der Waals surface area (Å²) in [7, 11) is 3.46. The Morgan fingerprint density at radius 2 is 2.16 bits per heavy atom. The second-order valence-corrected chi connectivity index (χ2v) is 5.82. The highest BCUT2D eigenvalue weighted by atomic mass is 127. The van der Waals surface area contributed by atoms with Crippen molar-refractivity contribution in [2.24, 2.45) is 10.9 Å². The molecule has 1 aromatic carbocycles. The minimum Gasteiger partial charge on any atom is -0.496 e. The van der Waals surface area contributed by atoms with Gasteiger partial charge in [0.2, 0.25) is 0 Å². The molecule has 0 aromatic heterocycles. The van der Waals surface area contributed by atoms with E-state index in [9.17, 15) is 0 Å². The fraction of sp³-hybridized carbons (Fsp3) is 0.611. The lowest BCUT2D eigenvalue weighted by atomic mass is 10.1. The standard InChI is InChI=1S/C18H29N3O3.HI/c1-19-18(21-12-16-6-3-4-7-17(16)22-2)20-9-5-10-23-13-15-8-11-24-14-15;/h3-4,6-7,15H,5,8-14H2,1-2H3,(H2,19,20,21);1H. The first-order chi connectivity index (χ1) is 11.8. The quantitative estimate of drug-likeness (QED) is 0.255. The van der Waals surface area contributed by atoms with Crippen LogP contribution in [0.1, 0.15) is 18.4 Å². The average molecular weight is 463 g/mol. The number of methoxy groups -OCH3 is 1. The summed E-state index contributed by atoms with van der Waals surface area (Å²) in [5.74, 6) is 2.24. The van der Waals surface area contributed by atoms with Gasteiger partial charge in [0, 0.05) is 44.8 Å². The molecule has 25 heavy (non-hydrogen) atoms. The van der Waals surface area contributed by atoms with Crippen LogP contribution >= 0.6 is 24.0 Å². The van der Waals surface area contributed by atoms with Crippen LogP contribution in [0.15, 0.2) is 29.3 Å². The third kappa shape index (κ3) is 8.24. The third-order valence-corrected chi connectivity index (χ3v) is 4.00. The van der Waals surface area contributed by atoms with Crippen LogP contribution in [-0.4, -0.2) is 53.1 Å². The van der Waals surface area contributed by atoms with Crippen LogP contribution in [0.25, 0.3) is 0 Å². The van der Waals surface area contributed by atoms with Crippen molar-refractivity contribution < 1.29 is 14.2 Å². The lowest BCUT2D eigenvalue weighted by molar-refractivity contribution is 0.0888. The fourth-order valence-corrected chi connectivity index (χ4v) is 2.59. The van der Waals surface area contributed by atoms with Crippen LogP contribution < -0.4 is 15.4 Å². The van der Waals surface area contributed by atoms with Gasteiger partial charge in [-0.25, -0.2) is 0 Å². The minimum absolute atomic E-state index is 0. The number of aliphatic imine (C=N–C) groups is 1. The molecule has 6 nitrogen and oxygen atoms in total. The first-order valence-corrected chi connectivity index (χ1v) is 8.55. The van der Waals surface area contributed by atoms with Gasteiger partial charge in [0.25, 0.3) is 0 Å². The number of guanidine groups is 1. The Morgan fingerprint density at radius 1 is 1.32 bits per heavy atom. The molecule has 0 aliphatic carbocycles. The molecule has 1 aliphatic rings. The Labute approximate surface area is 167 Å². The van der Waals surface area contributed by atoms with Crippen molar-refractivity contribution in [2.75, 3.05) is 47.1 Å². The molecule has 1 saturated heterocycles. The topological polar surface area (TPSA) is 64.1 Å². The smallest absolute Gasteiger partial charge is 0.191 e. The van der Waals surface area contributed by atoms with Crippen LogP contribution in [0.4, 0.5) is 0 Å². The molecule has 142 valence electrons. The number of para-hydroxylation sites is 1. The number of rotatable bonds is 9. The molecule has 0 bridgehead atoms. The summed E-state index contributed by atoms with van der Waals surface area (Å²) in [5, 5.41) is 6.60. The van der Waals surface area contributed by atoms with Crippen molar-refractivity contribution in [3.8, 4) is 5.75 Å². The molecular formula is C18H30IN3O3. The molecular weight excluding hydrogens is 433 g/mol. The average Bonchev–Trinajstić information content (AvgIpc) is 3.14. The molecule has 2 N–H and O–H groups in total. The molecule has 0 radical (unpaired) electrons. The zero-order valence-corrected chi connectivity index (χ0v) is 17.5. The van der Waals surface area contributed by atoms with E-state index in [0.29, 0.717) is 12.5 Å². The molecule has 0 saturated carbocycles. The van der Waals surface area contributed by atoms with Crippen molar-refractivity contribution in [3.63, 3.8) is 0 Å². The Bertz CT molecular complexity index is 508. The largest absolute Gasteiger partial charge is 0.496 e. The van der Waals surface area contributed by atoms with Gasteiger partial charge in [0.15, 0.2) is 5.96 Å². The predicted octanol–water partition coefficient (Wildman–Crippen LogP) is 2.42. The van der Waals surface area contributed by atoms with Crippen LogP contribution in [-0.2, 0) is 16.0 Å². The number of benzene rings is 1. The highest BCUT2D eigenvalue weighted by Crippen LogP contribution is 2.16. The number of ether oxygens (including phenoxy) is 3. The minimum atomic E-state index is 0. The molecule has 1 heterocycles. The molecule has 0 spiro atoms. The monoisotopic (exact) mass is 463 g/mol. The van der Waals surface area contributed by atoms with E-state index in [-0.39, 0.29) is 24.0 Å². The first-order valence-electron chi connectivity index (χ1n) is 8.55. The molecule has 2 rings (SSSR count). The van der Waals surface area contributed by atoms with Gasteiger partial charge < -0.3 is 24.8 Å². The Morgan fingerprint density at radius 3 is 2.88 bits per heavy atom. The predicted molar refractivity (Wildman–Crippen MR) is 111 cm³/mol. The van der Waals surface area contributed by atoms with Crippen LogP contribution in [0.3, 0.4) is 0 Å². The van der Waals surface area contributed by atoms with E-state index in [1.165, 1.54) is 0 Å². The van der Waals surface area contributed by atoms with Gasteiger partial charge in [-0.15, -0.1) is 24.0 Å². The summed E-state index contributed by atoms with van der Waals surface area (Å²) >= 11 is 0. The Hall–Kier alpha value is -1.06. The number of nitrogens with zero attached hydrogens (tertiary/aromatic N) is 1. The summed E-state index contributed by atoms with van der Waals surface area (Å²) in [5.41, 5.74) is 1.10. The highest BCUT2D eigenvalue weighted by molar-refractivity contribution is 14.0. The normalized spacial score (nSPS) is 17.0. The van der Waals surface area contributed by atoms with Crippen molar-refractivity contribution in [1.82, 2.24) is 10.6 Å². The van der Waals surface area contributed by atoms with E-state index < -0.39 is 0 Å². The summed E-state index contributed by atoms with van der Waals surface area (Å²) in [4.78, 5) is 4.24. The lowest BCUT2D eigenvalue weighted by Crippen LogP contribution is -2.37. The van der Waals surface area contributed by atoms with E-state index >= 15 is 0 Å². The van der Waals surface area contributed by atoms with Crippen molar-refractivity contribution in [1.29, 1.82) is 0 Å². The van der Waals surface area contributed by atoms with Gasteiger partial charge in [0.1, 0.15) is 5.75 Å². The van der Waals surface area contributed by atoms with E-state index in [1.807, 2.05) is 24.3 Å². The Balaban J connectivity index is 0.00000312. The van der Waals surface area contributed by atoms with Gasteiger partial charge in [-0.3, -0.25) is 4.99 Å². The van der Waals surface area contributed by atoms with Crippen molar-refractivity contribution in [2.45, 2.75) is 19.4 Å². The van der Waals surface area contributed by atoms with Gasteiger partial charge in [-0.2, -0.15) is 0 Å². The number of hydrogen-bond acceptors (Lipinski definition) is 4. The van der Waals surface area contributed by atoms with E-state index in [1.54, 1.807) is 14.2 Å². The highest BCUT2D eigenvalue weighted by Gasteiger charge is 2.15. The van der Waals surface area contributed by atoms with E-state index in [2.05, 4.69) is 15.6 Å². The number of hydrogen-bond donors (Lipinski definition) is 2. The van der Waals surface area contributed by atoms with Gasteiger partial charge in [-0.1, -0.05) is 18.2 Å². The molecule has 1 aliphatic heterocycles. The van der Waals surface area contributed by atoms with Crippen LogP contribution in [0.5, 0.6) is 5.75 Å². The van der Waals surface area contributed by atoms with Crippen molar-refractivity contribution in [3.05, 3.63) is 29.8 Å². The van der Waals surface area contributed by atoms with Gasteiger partial charge in [0.05, 0.1) is 20.3 Å². The molecule has 1 aromatic rings. The lowest BCUT2D eigenvalue weighted by Gasteiger charge is -2.14. The zero-order valence-electron chi connectivity index (χ0n) is 15.1. The molecule has 1 fully saturated rings. The van der Waals surface area contributed by atoms with E-state index in [4.69, 9.17) is 14.2 Å². The molecule has 1 unspecified atom stereocenters. The van der Waals surface area contributed by atoms with Gasteiger partial charge >= 0.3 is 0 Å². The maximum atomic E-state index is 5.70. The second kappa shape index (κ2) is 13.2. The van der Waals surface area contributed by atoms with Gasteiger partial charge in [-0.05, 0) is 18.9 Å². The fourth-order valence-electron chi connectivity index (χ4n) is 2.59. The Kier molecular flexibility index (Phi) is 11.6. The van der Waals surface area contributed by atoms with Crippen molar-refractivity contribution >= 4 is 29.9 Å². The summed E-state index contributed by atoms with van der Waals surface area (Å²) in [6, 6.07) is 7.97. The third-order valence-electron chi connectivity index (χ3n) is 4.00. The summed E-state index contributed by atoms with van der Waals surface area (Å²) in [6.07, 6.45) is 2.07. The maximum absolute atomic E-state index is 5.70. The SMILES string of the molecule is CN=C(NCCCOCC1CCOC1)NCc1ccccc1OC.I. The number of halogens is 1.